The van der Waals surface area contributed by atoms with Gasteiger partial charge in [0.2, 0.25) is 5.95 Å². The lowest BCUT2D eigenvalue weighted by Gasteiger charge is -2.09. The lowest BCUT2D eigenvalue weighted by atomic mass is 10.1. The number of anilines is 1. The van der Waals surface area contributed by atoms with Crippen LogP contribution in [0.3, 0.4) is 0 Å². The molecule has 0 amide bonds. The van der Waals surface area contributed by atoms with Crippen LogP contribution in [0.2, 0.25) is 0 Å². The van der Waals surface area contributed by atoms with Gasteiger partial charge in [-0.25, -0.2) is 4.98 Å². The second kappa shape index (κ2) is 4.44. The Hall–Kier alpha value is -2.64. The molecule has 8 heteroatoms. The lowest BCUT2D eigenvalue weighted by molar-refractivity contribution is -0.137. The normalized spacial score (nSPS) is 12.0. The smallest absolute Gasteiger partial charge is 0.366 e. The molecule has 108 valence electrons. The van der Waals surface area contributed by atoms with E-state index < -0.39 is 11.7 Å². The van der Waals surface area contributed by atoms with E-state index in [1.165, 1.54) is 22.8 Å². The van der Waals surface area contributed by atoms with Crippen LogP contribution in [0.15, 0.2) is 30.5 Å². The highest BCUT2D eigenvalue weighted by molar-refractivity contribution is 5.62. The van der Waals surface area contributed by atoms with Gasteiger partial charge in [0.15, 0.2) is 11.5 Å². The Morgan fingerprint density at radius 2 is 2.00 bits per heavy atom. The van der Waals surface area contributed by atoms with Crippen molar-refractivity contribution in [1.29, 1.82) is 0 Å². The van der Waals surface area contributed by atoms with Crippen LogP contribution < -0.4 is 5.73 Å². The number of nitrogen functional groups attached to an aromatic ring is 1. The molecule has 3 aromatic rings. The minimum Gasteiger partial charge on any atom is -0.366 e. The number of halogens is 3. The standard InChI is InChI=1S/C13H10F3N5/c1-7-6-18-11(21-10(7)19-12(17)20-21)8-3-2-4-9(5-8)13(14,15)16/h2-6H,1H3,(H2,17,20). The molecule has 0 spiro atoms. The molecule has 2 aromatic heterocycles. The fourth-order valence-corrected chi connectivity index (χ4v) is 2.03. The van der Waals surface area contributed by atoms with Gasteiger partial charge in [-0.05, 0) is 19.1 Å². The van der Waals surface area contributed by atoms with Crippen molar-refractivity contribution >= 4 is 11.6 Å². The summed E-state index contributed by atoms with van der Waals surface area (Å²) in [5.74, 6) is 0.297. The van der Waals surface area contributed by atoms with Gasteiger partial charge in [0.05, 0.1) is 5.56 Å². The fraction of sp³-hybridized carbons (Fsp3) is 0.154. The molecular weight excluding hydrogens is 283 g/mol. The molecule has 3 rings (SSSR count). The molecule has 0 atom stereocenters. The Bertz CT molecular complexity index is 822. The van der Waals surface area contributed by atoms with Crippen LogP contribution >= 0.6 is 0 Å². The van der Waals surface area contributed by atoms with Crippen molar-refractivity contribution in [2.24, 2.45) is 0 Å². The number of nitrogens with two attached hydrogens (primary N) is 1. The zero-order chi connectivity index (χ0) is 15.2. The third kappa shape index (κ3) is 2.28. The molecule has 0 radical (unpaired) electrons. The highest BCUT2D eigenvalue weighted by Crippen LogP contribution is 2.31. The predicted molar refractivity (Wildman–Crippen MR) is 70.4 cm³/mol. The first-order valence-electron chi connectivity index (χ1n) is 6.02. The number of hydrogen-bond donors (Lipinski definition) is 1. The number of aromatic nitrogens is 4. The molecule has 0 aliphatic heterocycles. The summed E-state index contributed by atoms with van der Waals surface area (Å²) in [6.07, 6.45) is -2.89. The van der Waals surface area contributed by atoms with Crippen molar-refractivity contribution < 1.29 is 13.2 Å². The third-order valence-corrected chi connectivity index (χ3v) is 3.01. The van der Waals surface area contributed by atoms with Gasteiger partial charge in [0.25, 0.3) is 0 Å². The second-order valence-corrected chi connectivity index (χ2v) is 4.55. The molecule has 21 heavy (non-hydrogen) atoms. The predicted octanol–water partition coefficient (Wildman–Crippen LogP) is 2.70. The Kier molecular flexibility index (Phi) is 2.82. The SMILES string of the molecule is Cc1cnc(-c2cccc(C(F)(F)F)c2)n2nc(N)nc12. The van der Waals surface area contributed by atoms with E-state index in [-0.39, 0.29) is 11.8 Å². The summed E-state index contributed by atoms with van der Waals surface area (Å²) in [6, 6.07) is 4.88. The summed E-state index contributed by atoms with van der Waals surface area (Å²) >= 11 is 0. The largest absolute Gasteiger partial charge is 0.416 e. The highest BCUT2D eigenvalue weighted by atomic mass is 19.4. The first-order valence-corrected chi connectivity index (χ1v) is 6.02. The number of fused-ring (bicyclic) bond motifs is 1. The average molecular weight is 293 g/mol. The maximum atomic E-state index is 12.8. The number of rotatable bonds is 1. The highest BCUT2D eigenvalue weighted by Gasteiger charge is 2.30. The minimum absolute atomic E-state index is 0.0410. The number of nitrogens with zero attached hydrogens (tertiary/aromatic N) is 4. The van der Waals surface area contributed by atoms with Crippen LogP contribution in [0.4, 0.5) is 19.1 Å². The summed E-state index contributed by atoms with van der Waals surface area (Å²) < 4.78 is 39.7. The molecular formula is C13H10F3N5. The van der Waals surface area contributed by atoms with E-state index in [0.29, 0.717) is 11.2 Å². The van der Waals surface area contributed by atoms with Crippen LogP contribution in [0.5, 0.6) is 0 Å². The van der Waals surface area contributed by atoms with Crippen molar-refractivity contribution in [3.05, 3.63) is 41.6 Å². The van der Waals surface area contributed by atoms with Crippen molar-refractivity contribution in [3.63, 3.8) is 0 Å². The summed E-state index contributed by atoms with van der Waals surface area (Å²) in [4.78, 5) is 8.19. The Balaban J connectivity index is 2.24. The first kappa shape index (κ1) is 13.3. The van der Waals surface area contributed by atoms with Gasteiger partial charge < -0.3 is 5.73 Å². The van der Waals surface area contributed by atoms with E-state index in [1.807, 2.05) is 0 Å². The van der Waals surface area contributed by atoms with Gasteiger partial charge >= 0.3 is 6.18 Å². The molecule has 0 fully saturated rings. The monoisotopic (exact) mass is 293 g/mol. The van der Waals surface area contributed by atoms with E-state index in [4.69, 9.17) is 5.73 Å². The van der Waals surface area contributed by atoms with Gasteiger partial charge in [-0.1, -0.05) is 12.1 Å². The average Bonchev–Trinajstić information content (AvgIpc) is 2.81. The Labute approximate surface area is 117 Å². The second-order valence-electron chi connectivity index (χ2n) is 4.55. The van der Waals surface area contributed by atoms with E-state index in [0.717, 1.165) is 17.7 Å². The number of aryl methyl sites for hydroxylation is 1. The summed E-state index contributed by atoms with van der Waals surface area (Å²) in [6.45, 7) is 1.77. The number of hydrogen-bond acceptors (Lipinski definition) is 4. The fourth-order valence-electron chi connectivity index (χ4n) is 2.03. The van der Waals surface area contributed by atoms with Crippen LogP contribution in [0.1, 0.15) is 11.1 Å². The summed E-state index contributed by atoms with van der Waals surface area (Å²) in [7, 11) is 0. The topological polar surface area (TPSA) is 69.1 Å². The van der Waals surface area contributed by atoms with Gasteiger partial charge in [-0.15, -0.1) is 5.10 Å². The van der Waals surface area contributed by atoms with Gasteiger partial charge in [-0.3, -0.25) is 0 Å². The molecule has 0 saturated heterocycles. The third-order valence-electron chi connectivity index (χ3n) is 3.01. The van der Waals surface area contributed by atoms with Crippen molar-refractivity contribution in [2.75, 3.05) is 5.73 Å². The Morgan fingerprint density at radius 3 is 2.71 bits per heavy atom. The number of alkyl halides is 3. The lowest BCUT2D eigenvalue weighted by Crippen LogP contribution is -2.06. The quantitative estimate of drug-likeness (QED) is 0.749. The molecule has 0 unspecified atom stereocenters. The molecule has 5 nitrogen and oxygen atoms in total. The zero-order valence-electron chi connectivity index (χ0n) is 10.9. The number of benzene rings is 1. The van der Waals surface area contributed by atoms with Gasteiger partial charge in [-0.2, -0.15) is 22.7 Å². The molecule has 0 aliphatic rings. The van der Waals surface area contributed by atoms with Crippen molar-refractivity contribution in [3.8, 4) is 11.4 Å². The van der Waals surface area contributed by atoms with Crippen LogP contribution in [-0.4, -0.2) is 19.6 Å². The van der Waals surface area contributed by atoms with Crippen molar-refractivity contribution in [2.45, 2.75) is 13.1 Å². The molecule has 2 N–H and O–H groups in total. The first-order chi connectivity index (χ1) is 9.86. The van der Waals surface area contributed by atoms with Crippen LogP contribution in [0.25, 0.3) is 17.0 Å². The van der Waals surface area contributed by atoms with E-state index in [9.17, 15) is 13.2 Å². The Morgan fingerprint density at radius 1 is 1.24 bits per heavy atom. The van der Waals surface area contributed by atoms with Crippen molar-refractivity contribution in [1.82, 2.24) is 19.6 Å². The molecule has 0 aliphatic carbocycles. The van der Waals surface area contributed by atoms with Crippen LogP contribution in [0, 0.1) is 6.92 Å². The molecule has 2 heterocycles. The minimum atomic E-state index is -4.42. The van der Waals surface area contributed by atoms with E-state index >= 15 is 0 Å². The van der Waals surface area contributed by atoms with Crippen LogP contribution in [-0.2, 0) is 6.18 Å². The maximum absolute atomic E-state index is 12.8. The van der Waals surface area contributed by atoms with E-state index in [1.54, 1.807) is 6.92 Å². The summed E-state index contributed by atoms with van der Waals surface area (Å²) in [5.41, 5.74) is 6.30. The molecule has 1 aromatic carbocycles. The van der Waals surface area contributed by atoms with Gasteiger partial charge in [0, 0.05) is 17.3 Å². The van der Waals surface area contributed by atoms with E-state index in [2.05, 4.69) is 15.1 Å². The van der Waals surface area contributed by atoms with Gasteiger partial charge in [0.1, 0.15) is 0 Å². The zero-order valence-corrected chi connectivity index (χ0v) is 10.9. The summed E-state index contributed by atoms with van der Waals surface area (Å²) in [5, 5.41) is 3.98. The molecule has 0 saturated carbocycles. The molecule has 0 bridgehead atoms. The maximum Gasteiger partial charge on any atom is 0.416 e.